The van der Waals surface area contributed by atoms with Gasteiger partial charge in [0, 0.05) is 23.5 Å². The van der Waals surface area contributed by atoms with Crippen LogP contribution in [0.4, 0.5) is 0 Å². The number of carbonyl (C=O) groups is 3. The normalized spacial score (nSPS) is 20.1. The molecule has 1 fully saturated rings. The number of fused-ring (bicyclic) bond motifs is 1. The maximum absolute atomic E-state index is 12.9. The van der Waals surface area contributed by atoms with Gasteiger partial charge in [-0.2, -0.15) is 0 Å². The molecular formula is C15H14N2O3S2. The molecule has 0 aromatic heterocycles. The molecule has 0 N–H and O–H groups in total. The highest BCUT2D eigenvalue weighted by atomic mass is 32.2. The first kappa shape index (κ1) is 15.2. The second-order valence-corrected chi connectivity index (χ2v) is 6.61. The van der Waals surface area contributed by atoms with Crippen LogP contribution in [0, 0.1) is 0 Å². The number of nitrogens with zero attached hydrogens (tertiary/aromatic N) is 2. The molecule has 2 aliphatic rings. The average molecular weight is 334 g/mol. The minimum absolute atomic E-state index is 0.176. The van der Waals surface area contributed by atoms with Crippen LogP contribution in [0.25, 0.3) is 0 Å². The molecule has 1 aromatic rings. The number of Topliss-reactive ketones (excluding diaryl/α,β-unsaturated/α-hetero) is 1. The Morgan fingerprint density at radius 2 is 1.59 bits per heavy atom. The molecule has 5 nitrogen and oxygen atoms in total. The molecule has 7 heteroatoms. The van der Waals surface area contributed by atoms with Gasteiger partial charge in [-0.15, -0.1) is 0 Å². The zero-order valence-corrected chi connectivity index (χ0v) is 13.8. The molecule has 1 aromatic carbocycles. The predicted octanol–water partition coefficient (Wildman–Crippen LogP) is 1.71. The number of rotatable bonds is 2. The Hall–Kier alpha value is -1.73. The highest BCUT2D eigenvalue weighted by Crippen LogP contribution is 2.48. The molecule has 114 valence electrons. The van der Waals surface area contributed by atoms with Crippen LogP contribution in [0.3, 0.4) is 0 Å². The number of ketones is 1. The average Bonchev–Trinajstić information content (AvgIpc) is 2.82. The van der Waals surface area contributed by atoms with Crippen molar-refractivity contribution in [3.63, 3.8) is 0 Å². The van der Waals surface area contributed by atoms with Gasteiger partial charge in [0.05, 0.1) is 0 Å². The van der Waals surface area contributed by atoms with Crippen molar-refractivity contribution in [3.05, 3.63) is 29.8 Å². The molecule has 0 radical (unpaired) electrons. The Kier molecular flexibility index (Phi) is 3.57. The van der Waals surface area contributed by atoms with Gasteiger partial charge >= 0.3 is 0 Å². The topological polar surface area (TPSA) is 57.7 Å². The third-order valence-electron chi connectivity index (χ3n) is 3.90. The smallest absolute Gasteiger partial charge is 0.263 e. The fourth-order valence-corrected chi connectivity index (χ4v) is 4.54. The third-order valence-corrected chi connectivity index (χ3v) is 5.76. The second-order valence-electron chi connectivity index (χ2n) is 4.99. The first-order valence-corrected chi connectivity index (χ1v) is 8.22. The number of amides is 2. The molecule has 22 heavy (non-hydrogen) atoms. The summed E-state index contributed by atoms with van der Waals surface area (Å²) in [5, 5.41) is 0.176. The number of carbonyl (C=O) groups excluding carboxylic acids is 3. The van der Waals surface area contributed by atoms with Crippen LogP contribution in [0.5, 0.6) is 0 Å². The fourth-order valence-electron chi connectivity index (χ4n) is 2.77. The summed E-state index contributed by atoms with van der Waals surface area (Å²) in [7, 11) is 0. The Morgan fingerprint density at radius 3 is 2.09 bits per heavy atom. The Bertz CT molecular complexity index is 690. The molecule has 0 bridgehead atoms. The van der Waals surface area contributed by atoms with Gasteiger partial charge in [-0.1, -0.05) is 30.0 Å². The first-order valence-electron chi connectivity index (χ1n) is 6.99. The van der Waals surface area contributed by atoms with Crippen LogP contribution in [0.15, 0.2) is 29.2 Å². The van der Waals surface area contributed by atoms with Crippen LogP contribution in [0.1, 0.15) is 24.2 Å². The van der Waals surface area contributed by atoms with Crippen LogP contribution < -0.4 is 0 Å². The Labute approximate surface area is 137 Å². The highest BCUT2D eigenvalue weighted by molar-refractivity contribution is 8.03. The Balaban J connectivity index is 2.17. The molecular weight excluding hydrogens is 320 g/mol. The summed E-state index contributed by atoms with van der Waals surface area (Å²) in [6.45, 7) is 4.21. The first-order chi connectivity index (χ1) is 10.5. The lowest BCUT2D eigenvalue weighted by molar-refractivity contribution is -0.142. The predicted molar refractivity (Wildman–Crippen MR) is 86.7 cm³/mol. The summed E-state index contributed by atoms with van der Waals surface area (Å²) in [6, 6.07) is 6.93. The Morgan fingerprint density at radius 1 is 1.05 bits per heavy atom. The van der Waals surface area contributed by atoms with Crippen LogP contribution in [0.2, 0.25) is 0 Å². The van der Waals surface area contributed by atoms with E-state index in [-0.39, 0.29) is 5.11 Å². The standard InChI is InChI=1S/C15H14N2O3S2/c1-3-16-12(19)15(13(20)17(4-2)14(16)21)11(18)9-7-5-6-8-10(9)22-15/h5-8H,3-4H2,1-2H3. The van der Waals surface area contributed by atoms with Crippen molar-refractivity contribution in [2.45, 2.75) is 23.5 Å². The van der Waals surface area contributed by atoms with Gasteiger partial charge in [0.15, 0.2) is 10.9 Å². The van der Waals surface area contributed by atoms with E-state index in [9.17, 15) is 14.4 Å². The zero-order chi connectivity index (χ0) is 16.1. The number of thiocarbonyl (C=S) groups is 1. The zero-order valence-electron chi connectivity index (χ0n) is 12.2. The minimum Gasteiger partial charge on any atom is -0.291 e. The molecule has 1 spiro atoms. The lowest BCUT2D eigenvalue weighted by Crippen LogP contribution is -2.69. The van der Waals surface area contributed by atoms with E-state index in [1.807, 2.05) is 0 Å². The molecule has 0 saturated carbocycles. The van der Waals surface area contributed by atoms with Gasteiger partial charge in [0.1, 0.15) is 0 Å². The molecule has 0 aliphatic carbocycles. The number of benzene rings is 1. The number of thioether (sulfide) groups is 1. The molecule has 2 amide bonds. The summed E-state index contributed by atoms with van der Waals surface area (Å²) in [5.41, 5.74) is 0.425. The van der Waals surface area contributed by atoms with Gasteiger partial charge in [0.25, 0.3) is 11.8 Å². The molecule has 2 aliphatic heterocycles. The maximum Gasteiger partial charge on any atom is 0.263 e. The van der Waals surface area contributed by atoms with Crippen LogP contribution in [-0.4, -0.2) is 50.3 Å². The van der Waals surface area contributed by atoms with Crippen molar-refractivity contribution < 1.29 is 14.4 Å². The highest BCUT2D eigenvalue weighted by Gasteiger charge is 2.64. The van der Waals surface area contributed by atoms with Crippen molar-refractivity contribution in [2.24, 2.45) is 0 Å². The summed E-state index contributed by atoms with van der Waals surface area (Å²) in [5.74, 6) is -1.50. The van der Waals surface area contributed by atoms with E-state index in [4.69, 9.17) is 12.2 Å². The third kappa shape index (κ3) is 1.72. The minimum atomic E-state index is -1.75. The molecule has 0 atom stereocenters. The SMILES string of the molecule is CCN1C(=O)C2(Sc3ccccc3C2=O)C(=O)N(CC)C1=S. The van der Waals surface area contributed by atoms with Gasteiger partial charge in [-0.05, 0) is 32.1 Å². The quantitative estimate of drug-likeness (QED) is 0.609. The van der Waals surface area contributed by atoms with E-state index >= 15 is 0 Å². The van der Waals surface area contributed by atoms with E-state index < -0.39 is 22.3 Å². The van der Waals surface area contributed by atoms with E-state index in [2.05, 4.69) is 0 Å². The summed E-state index contributed by atoms with van der Waals surface area (Å²) in [6.07, 6.45) is 0. The lowest BCUT2D eigenvalue weighted by Gasteiger charge is -2.42. The maximum atomic E-state index is 12.9. The van der Waals surface area contributed by atoms with Gasteiger partial charge in [-0.25, -0.2) is 0 Å². The summed E-state index contributed by atoms with van der Waals surface area (Å²) < 4.78 is -1.75. The fraction of sp³-hybridized carbons (Fsp3) is 0.333. The number of hydrogen-bond donors (Lipinski definition) is 0. The van der Waals surface area contributed by atoms with Crippen LogP contribution >= 0.6 is 24.0 Å². The van der Waals surface area contributed by atoms with Crippen molar-refractivity contribution in [3.8, 4) is 0 Å². The van der Waals surface area contributed by atoms with Gasteiger partial charge in [-0.3, -0.25) is 24.2 Å². The van der Waals surface area contributed by atoms with Crippen molar-refractivity contribution >= 4 is 46.7 Å². The second kappa shape index (κ2) is 5.17. The molecule has 0 unspecified atom stereocenters. The van der Waals surface area contributed by atoms with Crippen LogP contribution in [-0.2, 0) is 9.59 Å². The van der Waals surface area contributed by atoms with Gasteiger partial charge in [0.2, 0.25) is 4.75 Å². The van der Waals surface area contributed by atoms with E-state index in [0.29, 0.717) is 23.5 Å². The van der Waals surface area contributed by atoms with Gasteiger partial charge < -0.3 is 0 Å². The number of hydrogen-bond acceptors (Lipinski definition) is 5. The van der Waals surface area contributed by atoms with Crippen molar-refractivity contribution in [1.82, 2.24) is 9.80 Å². The van der Waals surface area contributed by atoms with Crippen molar-refractivity contribution in [2.75, 3.05) is 13.1 Å². The lowest BCUT2D eigenvalue weighted by atomic mass is 9.92. The molecule has 3 rings (SSSR count). The molecule has 2 heterocycles. The largest absolute Gasteiger partial charge is 0.291 e. The van der Waals surface area contributed by atoms with E-state index in [1.54, 1.807) is 38.1 Å². The molecule has 1 saturated heterocycles. The van der Waals surface area contributed by atoms with Crippen molar-refractivity contribution in [1.29, 1.82) is 0 Å². The van der Waals surface area contributed by atoms with E-state index in [1.165, 1.54) is 9.80 Å². The summed E-state index contributed by atoms with van der Waals surface area (Å²) in [4.78, 5) is 42.0. The monoisotopic (exact) mass is 334 g/mol. The van der Waals surface area contributed by atoms with E-state index in [0.717, 1.165) is 11.8 Å². The summed E-state index contributed by atoms with van der Waals surface area (Å²) >= 11 is 6.27.